The van der Waals surface area contributed by atoms with E-state index in [0.29, 0.717) is 10.3 Å². The van der Waals surface area contributed by atoms with Crippen molar-refractivity contribution in [3.05, 3.63) is 28.4 Å². The third kappa shape index (κ3) is 2.01. The Morgan fingerprint density at radius 2 is 2.27 bits per heavy atom. The quantitative estimate of drug-likeness (QED) is 0.901. The summed E-state index contributed by atoms with van der Waals surface area (Å²) in [5, 5.41) is 13.9. The van der Waals surface area contributed by atoms with E-state index < -0.39 is 0 Å². The van der Waals surface area contributed by atoms with Gasteiger partial charge in [-0.3, -0.25) is 0 Å². The third-order valence-electron chi connectivity index (χ3n) is 2.36. The van der Waals surface area contributed by atoms with Gasteiger partial charge in [-0.1, -0.05) is 12.1 Å². The highest BCUT2D eigenvalue weighted by molar-refractivity contribution is 9.10. The van der Waals surface area contributed by atoms with Gasteiger partial charge in [0.15, 0.2) is 16.0 Å². The number of hydrogen-bond donors (Lipinski definition) is 2. The molecule has 0 saturated heterocycles. The van der Waals surface area contributed by atoms with Gasteiger partial charge in [0, 0.05) is 5.39 Å². The predicted molar refractivity (Wildman–Crippen MR) is 63.2 cm³/mol. The van der Waals surface area contributed by atoms with Crippen molar-refractivity contribution in [1.29, 1.82) is 0 Å². The normalized spacial score (nSPS) is 11.1. The molecule has 0 amide bonds. The minimum atomic E-state index is 0.244. The first-order valence-corrected chi connectivity index (χ1v) is 5.56. The van der Waals surface area contributed by atoms with Gasteiger partial charge in [0.25, 0.3) is 0 Å². The van der Waals surface area contributed by atoms with E-state index in [1.165, 1.54) is 0 Å². The fourth-order valence-corrected chi connectivity index (χ4v) is 1.97. The molecule has 0 fully saturated rings. The van der Waals surface area contributed by atoms with Crippen LogP contribution in [0, 0.1) is 0 Å². The van der Waals surface area contributed by atoms with Crippen molar-refractivity contribution in [3.63, 3.8) is 0 Å². The van der Waals surface area contributed by atoms with Crippen LogP contribution in [-0.4, -0.2) is 18.7 Å². The summed E-state index contributed by atoms with van der Waals surface area (Å²) in [6.45, 7) is 0.834. The van der Waals surface area contributed by atoms with Gasteiger partial charge < -0.3 is 14.8 Å². The molecular weight excluding hydrogens is 258 g/mol. The van der Waals surface area contributed by atoms with Crippen molar-refractivity contribution in [3.8, 4) is 5.75 Å². The Balaban J connectivity index is 2.45. The van der Waals surface area contributed by atoms with Crippen LogP contribution in [-0.2, 0) is 6.42 Å². The van der Waals surface area contributed by atoms with Crippen molar-refractivity contribution in [2.24, 2.45) is 0 Å². The average Bonchev–Trinajstić information content (AvgIpc) is 2.59. The average molecular weight is 270 g/mol. The molecule has 4 heteroatoms. The lowest BCUT2D eigenvalue weighted by Crippen LogP contribution is -2.10. The number of phenols is 1. The van der Waals surface area contributed by atoms with Crippen molar-refractivity contribution >= 4 is 26.9 Å². The lowest BCUT2D eigenvalue weighted by molar-refractivity contribution is 0.455. The van der Waals surface area contributed by atoms with Crippen LogP contribution in [0.5, 0.6) is 5.75 Å². The second-order valence-corrected chi connectivity index (χ2v) is 4.18. The smallest absolute Gasteiger partial charge is 0.177 e. The predicted octanol–water partition coefficient (Wildman–Crippen LogP) is 2.66. The summed E-state index contributed by atoms with van der Waals surface area (Å²) < 4.78 is 6.00. The van der Waals surface area contributed by atoms with Crippen LogP contribution in [0.15, 0.2) is 27.3 Å². The molecule has 0 radical (unpaired) electrons. The highest BCUT2D eigenvalue weighted by Crippen LogP contribution is 2.33. The Morgan fingerprint density at radius 3 is 3.00 bits per heavy atom. The molecule has 0 unspecified atom stereocenters. The molecule has 2 rings (SSSR count). The zero-order valence-corrected chi connectivity index (χ0v) is 9.97. The van der Waals surface area contributed by atoms with Crippen LogP contribution in [0.4, 0.5) is 0 Å². The molecule has 0 aliphatic heterocycles. The van der Waals surface area contributed by atoms with Gasteiger partial charge >= 0.3 is 0 Å². The molecule has 0 bridgehead atoms. The fourth-order valence-electron chi connectivity index (χ4n) is 1.56. The first-order chi connectivity index (χ1) is 7.22. The molecule has 0 spiro atoms. The second-order valence-electron chi connectivity index (χ2n) is 3.40. The number of halogens is 1. The Bertz CT molecular complexity index is 479. The number of benzene rings is 1. The summed E-state index contributed by atoms with van der Waals surface area (Å²) in [4.78, 5) is 0. The first-order valence-electron chi connectivity index (χ1n) is 4.77. The zero-order valence-electron chi connectivity index (χ0n) is 8.38. The first kappa shape index (κ1) is 10.5. The summed E-state index contributed by atoms with van der Waals surface area (Å²) in [6.07, 6.45) is 0.788. The summed E-state index contributed by atoms with van der Waals surface area (Å²) in [6, 6.07) is 5.72. The number of hydrogen-bond acceptors (Lipinski definition) is 3. The molecule has 1 aromatic heterocycles. The molecule has 2 N–H and O–H groups in total. The van der Waals surface area contributed by atoms with Crippen LogP contribution in [0.3, 0.4) is 0 Å². The van der Waals surface area contributed by atoms with Crippen molar-refractivity contribution < 1.29 is 9.52 Å². The Kier molecular flexibility index (Phi) is 2.98. The van der Waals surface area contributed by atoms with E-state index >= 15 is 0 Å². The maximum atomic E-state index is 9.95. The summed E-state index contributed by atoms with van der Waals surface area (Å²) in [5.41, 5.74) is 1.45. The fraction of sp³-hybridized carbons (Fsp3) is 0.273. The van der Waals surface area contributed by atoms with E-state index in [1.54, 1.807) is 0 Å². The number of phenolic OH excluding ortho intramolecular Hbond substituents is 1. The maximum absolute atomic E-state index is 9.95. The Morgan fingerprint density at radius 1 is 1.47 bits per heavy atom. The number of likely N-dealkylation sites (N-methyl/N-ethyl adjacent to an activating group) is 1. The number of nitrogens with one attached hydrogen (secondary N) is 1. The monoisotopic (exact) mass is 269 g/mol. The van der Waals surface area contributed by atoms with Gasteiger partial charge in [-0.2, -0.15) is 0 Å². The number of aromatic hydroxyl groups is 1. The largest absolute Gasteiger partial charge is 0.504 e. The van der Waals surface area contributed by atoms with Gasteiger partial charge in [-0.05, 0) is 47.6 Å². The summed E-state index contributed by atoms with van der Waals surface area (Å²) in [7, 11) is 1.89. The van der Waals surface area contributed by atoms with Crippen molar-refractivity contribution in [2.45, 2.75) is 6.42 Å². The molecule has 80 valence electrons. The molecule has 2 aromatic rings. The van der Waals surface area contributed by atoms with E-state index in [1.807, 2.05) is 25.2 Å². The Hall–Kier alpha value is -1.00. The number of fused-ring (bicyclic) bond motifs is 1. The third-order valence-corrected chi connectivity index (χ3v) is 2.75. The van der Waals surface area contributed by atoms with Gasteiger partial charge in [-0.15, -0.1) is 0 Å². The summed E-state index contributed by atoms with van der Waals surface area (Å²) >= 11 is 3.25. The van der Waals surface area contributed by atoms with Gasteiger partial charge in [-0.25, -0.2) is 0 Å². The van der Waals surface area contributed by atoms with Gasteiger partial charge in [0.1, 0.15) is 0 Å². The SMILES string of the molecule is CNCCc1ccc2cc(Br)oc2c1O. The van der Waals surface area contributed by atoms with Crippen LogP contribution >= 0.6 is 15.9 Å². The molecular formula is C11H12BrNO2. The van der Waals surface area contributed by atoms with Crippen LogP contribution in [0.2, 0.25) is 0 Å². The molecule has 0 atom stereocenters. The Labute approximate surface area is 96.2 Å². The van der Waals surface area contributed by atoms with Gasteiger partial charge in [0.05, 0.1) is 0 Å². The molecule has 1 heterocycles. The van der Waals surface area contributed by atoms with Gasteiger partial charge in [0.2, 0.25) is 0 Å². The molecule has 15 heavy (non-hydrogen) atoms. The molecule has 1 aromatic carbocycles. The minimum absolute atomic E-state index is 0.244. The van der Waals surface area contributed by atoms with E-state index in [0.717, 1.165) is 23.9 Å². The molecule has 0 aliphatic rings. The number of rotatable bonds is 3. The standard InChI is InChI=1S/C11H12BrNO2/c1-13-5-4-7-2-3-8-6-9(12)15-11(8)10(7)14/h2-3,6,13-14H,4-5H2,1H3. The van der Waals surface area contributed by atoms with E-state index in [4.69, 9.17) is 4.42 Å². The van der Waals surface area contributed by atoms with E-state index in [-0.39, 0.29) is 5.75 Å². The van der Waals surface area contributed by atoms with Crippen LogP contribution in [0.25, 0.3) is 11.0 Å². The minimum Gasteiger partial charge on any atom is -0.504 e. The summed E-state index contributed by atoms with van der Waals surface area (Å²) in [5.74, 6) is 0.244. The molecule has 3 nitrogen and oxygen atoms in total. The topological polar surface area (TPSA) is 45.4 Å². The van der Waals surface area contributed by atoms with Crippen molar-refractivity contribution in [2.75, 3.05) is 13.6 Å². The van der Waals surface area contributed by atoms with Crippen molar-refractivity contribution in [1.82, 2.24) is 5.32 Å². The number of furan rings is 1. The van der Waals surface area contributed by atoms with E-state index in [2.05, 4.69) is 21.2 Å². The van der Waals surface area contributed by atoms with E-state index in [9.17, 15) is 5.11 Å². The second kappa shape index (κ2) is 4.24. The molecule has 0 aliphatic carbocycles. The highest BCUT2D eigenvalue weighted by atomic mass is 79.9. The zero-order chi connectivity index (χ0) is 10.8. The highest BCUT2D eigenvalue weighted by Gasteiger charge is 2.10. The lowest BCUT2D eigenvalue weighted by Gasteiger charge is -2.03. The maximum Gasteiger partial charge on any atom is 0.177 e. The van der Waals surface area contributed by atoms with Crippen LogP contribution in [0.1, 0.15) is 5.56 Å². The molecule has 0 saturated carbocycles. The lowest BCUT2D eigenvalue weighted by atomic mass is 10.1. The van der Waals surface area contributed by atoms with Crippen LogP contribution < -0.4 is 5.32 Å².